The highest BCUT2D eigenvalue weighted by atomic mass is 16.5. The highest BCUT2D eigenvalue weighted by Crippen LogP contribution is 2.30. The van der Waals surface area contributed by atoms with Crippen LogP contribution in [0.2, 0.25) is 0 Å². The first-order valence-corrected chi connectivity index (χ1v) is 6.03. The van der Waals surface area contributed by atoms with Crippen LogP contribution in [0.15, 0.2) is 11.1 Å². The summed E-state index contributed by atoms with van der Waals surface area (Å²) in [5.74, 6) is 0.732. The molecule has 0 bridgehead atoms. The minimum atomic E-state index is 0.0615. The van der Waals surface area contributed by atoms with Crippen LogP contribution in [0.1, 0.15) is 25.1 Å². The minimum absolute atomic E-state index is 0.0615. The maximum Gasteiger partial charge on any atom is 0.221 e. The largest absolute Gasteiger partial charge is 0.473 e. The predicted octanol–water partition coefficient (Wildman–Crippen LogP) is 1.78. The Bertz CT molecular complexity index is 448. The van der Waals surface area contributed by atoms with Gasteiger partial charge in [0, 0.05) is 13.6 Å². The summed E-state index contributed by atoms with van der Waals surface area (Å²) in [6.07, 6.45) is 1.97. The lowest BCUT2D eigenvalue weighted by Crippen LogP contribution is -2.27. The molecule has 0 aliphatic heterocycles. The number of ether oxygens (including phenoxy) is 1. The third-order valence-corrected chi connectivity index (χ3v) is 2.67. The first-order chi connectivity index (χ1) is 8.54. The van der Waals surface area contributed by atoms with Crippen molar-refractivity contribution in [2.24, 2.45) is 12.0 Å². The number of hydrogen-bond donors (Lipinski definition) is 1. The van der Waals surface area contributed by atoms with E-state index < -0.39 is 0 Å². The molecule has 18 heavy (non-hydrogen) atoms. The fraction of sp³-hybridized carbons (Fsp3) is 0.538. The number of aromatic nitrogens is 2. The van der Waals surface area contributed by atoms with Crippen molar-refractivity contribution in [1.29, 1.82) is 0 Å². The van der Waals surface area contributed by atoms with Crippen LogP contribution in [0.25, 0.3) is 5.70 Å². The van der Waals surface area contributed by atoms with Gasteiger partial charge < -0.3 is 10.1 Å². The van der Waals surface area contributed by atoms with Gasteiger partial charge in [-0.25, -0.2) is 4.68 Å². The van der Waals surface area contributed by atoms with Gasteiger partial charge in [-0.1, -0.05) is 6.08 Å². The number of nitrogens with one attached hydrogen (secondary N) is 1. The molecule has 1 N–H and O–H groups in total. The summed E-state index contributed by atoms with van der Waals surface area (Å²) >= 11 is 0. The maximum atomic E-state index is 5.93. The van der Waals surface area contributed by atoms with Gasteiger partial charge in [0.1, 0.15) is 6.10 Å². The van der Waals surface area contributed by atoms with Gasteiger partial charge in [-0.3, -0.25) is 4.99 Å². The molecular formula is C13H22N4O. The molecule has 1 aromatic heterocycles. The summed E-state index contributed by atoms with van der Waals surface area (Å²) in [6, 6.07) is 0. The van der Waals surface area contributed by atoms with E-state index in [2.05, 4.69) is 22.1 Å². The molecule has 0 spiro atoms. The average molecular weight is 250 g/mol. The second kappa shape index (κ2) is 6.35. The van der Waals surface area contributed by atoms with E-state index in [1.165, 1.54) is 0 Å². The Labute approximate surface area is 109 Å². The Morgan fingerprint density at radius 1 is 1.67 bits per heavy atom. The molecular weight excluding hydrogens is 228 g/mol. The number of aliphatic imine (C=N–C) groups is 1. The molecule has 5 heteroatoms. The van der Waals surface area contributed by atoms with E-state index >= 15 is 0 Å². The third kappa shape index (κ3) is 2.98. The average Bonchev–Trinajstić information content (AvgIpc) is 2.58. The molecule has 1 unspecified atom stereocenters. The quantitative estimate of drug-likeness (QED) is 0.783. The van der Waals surface area contributed by atoms with Gasteiger partial charge in [0.25, 0.3) is 0 Å². The molecule has 0 aliphatic carbocycles. The standard InChI is InChI=1S/C13H22N4O/c1-7-11(15-5)12-10(3)16-17(6)13(12)18-9(2)8-14-4/h7,9,14H,5,8H2,1-4,6H3/b11-7-. The fourth-order valence-electron chi connectivity index (χ4n) is 1.90. The molecule has 0 saturated carbocycles. The van der Waals surface area contributed by atoms with Crippen molar-refractivity contribution in [1.82, 2.24) is 15.1 Å². The Morgan fingerprint density at radius 3 is 2.83 bits per heavy atom. The SMILES string of the molecule is C=N/C(=C\C)c1c(C)nn(C)c1OC(C)CNC. The van der Waals surface area contributed by atoms with Gasteiger partial charge >= 0.3 is 0 Å². The summed E-state index contributed by atoms with van der Waals surface area (Å²) in [5, 5.41) is 7.47. The zero-order valence-corrected chi connectivity index (χ0v) is 11.8. The second-order valence-electron chi connectivity index (χ2n) is 4.21. The van der Waals surface area contributed by atoms with Crippen LogP contribution in [0.4, 0.5) is 0 Å². The van der Waals surface area contributed by atoms with Crippen molar-refractivity contribution in [2.45, 2.75) is 26.9 Å². The van der Waals surface area contributed by atoms with Crippen LogP contribution in [0, 0.1) is 6.92 Å². The van der Waals surface area contributed by atoms with Crippen molar-refractivity contribution in [3.8, 4) is 5.88 Å². The van der Waals surface area contributed by atoms with Crippen LogP contribution >= 0.6 is 0 Å². The molecule has 0 radical (unpaired) electrons. The molecule has 0 aliphatic rings. The molecule has 0 fully saturated rings. The summed E-state index contributed by atoms with van der Waals surface area (Å²) in [6.45, 7) is 10.3. The van der Waals surface area contributed by atoms with Crippen molar-refractivity contribution >= 4 is 12.4 Å². The highest BCUT2D eigenvalue weighted by molar-refractivity contribution is 5.72. The van der Waals surface area contributed by atoms with E-state index in [1.807, 2.05) is 40.9 Å². The zero-order valence-electron chi connectivity index (χ0n) is 11.8. The highest BCUT2D eigenvalue weighted by Gasteiger charge is 2.19. The van der Waals surface area contributed by atoms with Gasteiger partial charge in [-0.05, 0) is 34.5 Å². The number of nitrogens with zero attached hydrogens (tertiary/aromatic N) is 3. The van der Waals surface area contributed by atoms with Crippen LogP contribution in [-0.2, 0) is 7.05 Å². The van der Waals surface area contributed by atoms with Crippen LogP contribution in [0.3, 0.4) is 0 Å². The molecule has 1 atom stereocenters. The van der Waals surface area contributed by atoms with Crippen LogP contribution in [-0.4, -0.2) is 36.2 Å². The fourth-order valence-corrected chi connectivity index (χ4v) is 1.90. The smallest absolute Gasteiger partial charge is 0.221 e. The van der Waals surface area contributed by atoms with E-state index in [1.54, 1.807) is 4.68 Å². The second-order valence-corrected chi connectivity index (χ2v) is 4.21. The molecule has 1 aromatic rings. The van der Waals surface area contributed by atoms with Crippen molar-refractivity contribution in [2.75, 3.05) is 13.6 Å². The van der Waals surface area contributed by atoms with Gasteiger partial charge in [0.15, 0.2) is 0 Å². The molecule has 5 nitrogen and oxygen atoms in total. The lowest BCUT2D eigenvalue weighted by Gasteiger charge is -2.15. The van der Waals surface area contributed by atoms with Gasteiger partial charge in [0.2, 0.25) is 5.88 Å². The lowest BCUT2D eigenvalue weighted by atomic mass is 10.2. The van der Waals surface area contributed by atoms with Crippen molar-refractivity contribution in [3.05, 3.63) is 17.3 Å². The van der Waals surface area contributed by atoms with E-state index in [-0.39, 0.29) is 6.10 Å². The number of aryl methyl sites for hydroxylation is 2. The van der Waals surface area contributed by atoms with Gasteiger partial charge in [-0.15, -0.1) is 0 Å². The topological polar surface area (TPSA) is 51.4 Å². The molecule has 0 amide bonds. The van der Waals surface area contributed by atoms with Crippen LogP contribution < -0.4 is 10.1 Å². The van der Waals surface area contributed by atoms with Crippen LogP contribution in [0.5, 0.6) is 5.88 Å². The summed E-state index contributed by atoms with van der Waals surface area (Å²) < 4.78 is 7.67. The molecule has 1 heterocycles. The molecule has 100 valence electrons. The predicted molar refractivity (Wildman–Crippen MR) is 75.2 cm³/mol. The molecule has 0 saturated heterocycles. The maximum absolute atomic E-state index is 5.93. The summed E-state index contributed by atoms with van der Waals surface area (Å²) in [5.41, 5.74) is 2.61. The van der Waals surface area contributed by atoms with Gasteiger partial charge in [-0.2, -0.15) is 5.10 Å². The Balaban J connectivity index is 3.14. The number of likely N-dealkylation sites (N-methyl/N-ethyl adjacent to an activating group) is 1. The first kappa shape index (κ1) is 14.4. The lowest BCUT2D eigenvalue weighted by molar-refractivity contribution is 0.201. The Hall–Kier alpha value is -1.62. The van der Waals surface area contributed by atoms with E-state index in [0.717, 1.165) is 29.4 Å². The summed E-state index contributed by atoms with van der Waals surface area (Å²) in [4.78, 5) is 4.03. The summed E-state index contributed by atoms with van der Waals surface area (Å²) in [7, 11) is 3.77. The zero-order chi connectivity index (χ0) is 13.7. The van der Waals surface area contributed by atoms with E-state index in [9.17, 15) is 0 Å². The normalized spacial score (nSPS) is 13.5. The number of hydrogen-bond acceptors (Lipinski definition) is 4. The first-order valence-electron chi connectivity index (χ1n) is 6.03. The van der Waals surface area contributed by atoms with E-state index in [4.69, 9.17) is 4.74 Å². The van der Waals surface area contributed by atoms with E-state index in [0.29, 0.717) is 0 Å². The number of allylic oxidation sites excluding steroid dienone is 1. The molecule has 0 aromatic carbocycles. The minimum Gasteiger partial charge on any atom is -0.473 e. The monoisotopic (exact) mass is 250 g/mol. The molecule has 1 rings (SSSR count). The van der Waals surface area contributed by atoms with Gasteiger partial charge in [0.05, 0.1) is 17.0 Å². The van der Waals surface area contributed by atoms with Crippen molar-refractivity contribution in [3.63, 3.8) is 0 Å². The Morgan fingerprint density at radius 2 is 2.33 bits per heavy atom. The Kier molecular flexibility index (Phi) is 5.09. The van der Waals surface area contributed by atoms with Crippen molar-refractivity contribution < 1.29 is 4.74 Å². The third-order valence-electron chi connectivity index (χ3n) is 2.67. The number of rotatable bonds is 6.